The molecule has 0 saturated heterocycles. The van der Waals surface area contributed by atoms with Gasteiger partial charge in [-0.3, -0.25) is 0 Å². The first-order valence-corrected chi connectivity index (χ1v) is 5.76. The highest BCUT2D eigenvalue weighted by Crippen LogP contribution is 2.30. The molecule has 86 valence electrons. The van der Waals surface area contributed by atoms with Gasteiger partial charge < -0.3 is 9.84 Å². The van der Waals surface area contributed by atoms with Gasteiger partial charge in [-0.2, -0.15) is 0 Å². The number of hydrogen-bond donors (Lipinski definition) is 1. The van der Waals surface area contributed by atoms with Crippen molar-refractivity contribution in [1.82, 2.24) is 0 Å². The molecule has 1 rings (SSSR count). The van der Waals surface area contributed by atoms with Gasteiger partial charge >= 0.3 is 0 Å². The third-order valence-electron chi connectivity index (χ3n) is 3.10. The van der Waals surface area contributed by atoms with E-state index in [0.717, 1.165) is 24.0 Å². The quantitative estimate of drug-likeness (QED) is 0.776. The first-order valence-electron chi connectivity index (χ1n) is 5.76. The molecule has 0 aromatic heterocycles. The van der Waals surface area contributed by atoms with E-state index in [-0.39, 0.29) is 12.2 Å². The number of rotatable bonds is 3. The van der Waals surface area contributed by atoms with Crippen molar-refractivity contribution in [3.63, 3.8) is 0 Å². The molecule has 0 amide bonds. The molecule has 0 aromatic carbocycles. The van der Waals surface area contributed by atoms with Crippen molar-refractivity contribution >= 4 is 0 Å². The summed E-state index contributed by atoms with van der Waals surface area (Å²) in [6.07, 6.45) is 4.59. The molecule has 0 radical (unpaired) electrons. The van der Waals surface area contributed by atoms with Gasteiger partial charge in [-0.15, -0.1) is 0 Å². The maximum absolute atomic E-state index is 9.81. The van der Waals surface area contributed by atoms with E-state index in [0.29, 0.717) is 6.42 Å². The maximum Gasteiger partial charge on any atom is 0.0811 e. The Hall–Kier alpha value is -0.600. The molecule has 2 heteroatoms. The third-order valence-corrected chi connectivity index (χ3v) is 3.10. The van der Waals surface area contributed by atoms with Crippen LogP contribution in [0.25, 0.3) is 0 Å². The summed E-state index contributed by atoms with van der Waals surface area (Å²) in [7, 11) is 0. The fourth-order valence-corrected chi connectivity index (χ4v) is 1.90. The lowest BCUT2D eigenvalue weighted by Crippen LogP contribution is -2.31. The Bertz CT molecular complexity index is 255. The van der Waals surface area contributed by atoms with Crippen molar-refractivity contribution in [2.75, 3.05) is 0 Å². The van der Waals surface area contributed by atoms with Crippen LogP contribution in [0, 0.1) is 0 Å². The normalized spacial score (nSPS) is 32.0. The molecule has 3 atom stereocenters. The number of ether oxygens (including phenoxy) is 1. The molecule has 0 heterocycles. The first kappa shape index (κ1) is 12.5. The van der Waals surface area contributed by atoms with Crippen molar-refractivity contribution in [3.8, 4) is 0 Å². The minimum atomic E-state index is -0.431. The summed E-state index contributed by atoms with van der Waals surface area (Å²) in [5.74, 6) is 0. The molecule has 15 heavy (non-hydrogen) atoms. The summed E-state index contributed by atoms with van der Waals surface area (Å²) >= 11 is 0. The number of aliphatic hydroxyl groups excluding tert-OH is 1. The monoisotopic (exact) mass is 210 g/mol. The van der Waals surface area contributed by atoms with E-state index >= 15 is 0 Å². The predicted molar refractivity (Wildman–Crippen MR) is 62.8 cm³/mol. The zero-order chi connectivity index (χ0) is 11.4. The molecule has 0 aromatic rings. The highest BCUT2D eigenvalue weighted by Gasteiger charge is 2.27. The van der Waals surface area contributed by atoms with Gasteiger partial charge in [0.25, 0.3) is 0 Å². The topological polar surface area (TPSA) is 29.5 Å². The van der Waals surface area contributed by atoms with Crippen LogP contribution in [0.15, 0.2) is 23.8 Å². The Morgan fingerprint density at radius 1 is 1.67 bits per heavy atom. The van der Waals surface area contributed by atoms with E-state index in [2.05, 4.69) is 20.4 Å². The average Bonchev–Trinajstić information content (AvgIpc) is 2.22. The zero-order valence-corrected chi connectivity index (χ0v) is 9.99. The standard InChI is InChI=1S/C13H22O2/c1-5-9(3)15-12-7-11(6-2)10(4)13(14)8-12/h6,9,12-14H,4-5,7-8H2,1-3H3/b11-6-/t9-,12-,13+/m0/s1. The molecule has 0 bridgehead atoms. The lowest BCUT2D eigenvalue weighted by Gasteiger charge is -2.31. The third kappa shape index (κ3) is 3.18. The average molecular weight is 210 g/mol. The van der Waals surface area contributed by atoms with Gasteiger partial charge in [0, 0.05) is 6.42 Å². The van der Waals surface area contributed by atoms with Gasteiger partial charge in [-0.1, -0.05) is 19.6 Å². The summed E-state index contributed by atoms with van der Waals surface area (Å²) in [4.78, 5) is 0. The summed E-state index contributed by atoms with van der Waals surface area (Å²) in [6.45, 7) is 10.1. The molecule has 1 fully saturated rings. The van der Waals surface area contributed by atoms with Crippen molar-refractivity contribution in [3.05, 3.63) is 23.8 Å². The summed E-state index contributed by atoms with van der Waals surface area (Å²) < 4.78 is 5.85. The van der Waals surface area contributed by atoms with Gasteiger partial charge in [0.2, 0.25) is 0 Å². The van der Waals surface area contributed by atoms with Crippen molar-refractivity contribution in [1.29, 1.82) is 0 Å². The van der Waals surface area contributed by atoms with Gasteiger partial charge in [0.1, 0.15) is 0 Å². The van der Waals surface area contributed by atoms with Crippen LogP contribution in [0.5, 0.6) is 0 Å². The lowest BCUT2D eigenvalue weighted by atomic mass is 9.86. The molecule has 1 aliphatic rings. The van der Waals surface area contributed by atoms with Crippen LogP contribution in [0.2, 0.25) is 0 Å². The smallest absolute Gasteiger partial charge is 0.0811 e. The SMILES string of the molecule is C=C1/C(=C\C)C[C@H](O[C@@H](C)CC)C[C@H]1O. The number of allylic oxidation sites excluding steroid dienone is 1. The predicted octanol–water partition coefficient (Wildman–Crippen LogP) is 2.83. The largest absolute Gasteiger partial charge is 0.388 e. The second-order valence-electron chi connectivity index (χ2n) is 4.27. The fraction of sp³-hybridized carbons (Fsp3) is 0.692. The van der Waals surface area contributed by atoms with Crippen molar-refractivity contribution in [2.24, 2.45) is 0 Å². The minimum Gasteiger partial charge on any atom is -0.388 e. The van der Waals surface area contributed by atoms with E-state index in [9.17, 15) is 5.11 Å². The second kappa shape index (κ2) is 5.47. The molecule has 0 unspecified atom stereocenters. The van der Waals surface area contributed by atoms with E-state index in [1.807, 2.05) is 13.0 Å². The first-order chi connectivity index (χ1) is 7.08. The Balaban J connectivity index is 2.60. The molecule has 0 spiro atoms. The van der Waals surface area contributed by atoms with Crippen LogP contribution in [-0.4, -0.2) is 23.4 Å². The maximum atomic E-state index is 9.81. The molecular formula is C13H22O2. The Morgan fingerprint density at radius 3 is 2.87 bits per heavy atom. The van der Waals surface area contributed by atoms with Crippen LogP contribution in [-0.2, 0) is 4.74 Å². The highest BCUT2D eigenvalue weighted by atomic mass is 16.5. The summed E-state index contributed by atoms with van der Waals surface area (Å²) in [5.41, 5.74) is 2.00. The Kier molecular flexibility index (Phi) is 4.55. The molecule has 1 N–H and O–H groups in total. The van der Waals surface area contributed by atoms with Gasteiger partial charge in [0.15, 0.2) is 0 Å². The Labute approximate surface area is 92.6 Å². The zero-order valence-electron chi connectivity index (χ0n) is 9.99. The van der Waals surface area contributed by atoms with Crippen LogP contribution >= 0.6 is 0 Å². The van der Waals surface area contributed by atoms with Crippen LogP contribution in [0.4, 0.5) is 0 Å². The van der Waals surface area contributed by atoms with E-state index in [1.54, 1.807) is 0 Å². The highest BCUT2D eigenvalue weighted by molar-refractivity contribution is 5.34. The summed E-state index contributed by atoms with van der Waals surface area (Å²) in [6, 6.07) is 0. The van der Waals surface area contributed by atoms with Crippen LogP contribution in [0.1, 0.15) is 40.0 Å². The Morgan fingerprint density at radius 2 is 2.33 bits per heavy atom. The second-order valence-corrected chi connectivity index (χ2v) is 4.27. The molecule has 1 saturated carbocycles. The molecule has 2 nitrogen and oxygen atoms in total. The van der Waals surface area contributed by atoms with Crippen LogP contribution in [0.3, 0.4) is 0 Å². The lowest BCUT2D eigenvalue weighted by molar-refractivity contribution is -0.0298. The van der Waals surface area contributed by atoms with E-state index in [4.69, 9.17) is 4.74 Å². The van der Waals surface area contributed by atoms with Gasteiger partial charge in [0.05, 0.1) is 18.3 Å². The van der Waals surface area contributed by atoms with Crippen molar-refractivity contribution in [2.45, 2.75) is 58.3 Å². The van der Waals surface area contributed by atoms with Crippen LogP contribution < -0.4 is 0 Å². The molecule has 1 aliphatic carbocycles. The van der Waals surface area contributed by atoms with Crippen molar-refractivity contribution < 1.29 is 9.84 Å². The fourth-order valence-electron chi connectivity index (χ4n) is 1.90. The van der Waals surface area contributed by atoms with Gasteiger partial charge in [-0.05, 0) is 37.8 Å². The number of aliphatic hydroxyl groups is 1. The summed E-state index contributed by atoms with van der Waals surface area (Å²) in [5, 5.41) is 9.81. The number of hydrogen-bond acceptors (Lipinski definition) is 2. The van der Waals surface area contributed by atoms with E-state index in [1.165, 1.54) is 0 Å². The van der Waals surface area contributed by atoms with E-state index < -0.39 is 6.10 Å². The minimum absolute atomic E-state index is 0.145. The molecule has 0 aliphatic heterocycles. The van der Waals surface area contributed by atoms with Gasteiger partial charge in [-0.25, -0.2) is 0 Å². The molecular weight excluding hydrogens is 188 g/mol.